The molecule has 0 unspecified atom stereocenters. The standard InChI is InChI=1S/C22H25F3O2/c1-15-11-16(13-26)7-8-18(15)14-27-19-9-10-20(17-5-3-2-4-6-17)21(12-19)22(23,24)25/h7-12,17,26H,2-6,13-14H2,1H3. The van der Waals surface area contributed by atoms with E-state index in [9.17, 15) is 13.2 Å². The molecule has 1 fully saturated rings. The van der Waals surface area contributed by atoms with Crippen LogP contribution in [0.5, 0.6) is 5.75 Å². The molecular formula is C22H25F3O2. The Bertz CT molecular complexity index is 778. The number of rotatable bonds is 5. The Kier molecular flexibility index (Phi) is 6.10. The van der Waals surface area contributed by atoms with Crippen molar-refractivity contribution in [3.05, 3.63) is 64.2 Å². The van der Waals surface area contributed by atoms with Gasteiger partial charge in [0.25, 0.3) is 0 Å². The van der Waals surface area contributed by atoms with Gasteiger partial charge in [-0.2, -0.15) is 13.2 Å². The molecule has 0 radical (unpaired) electrons. The molecule has 0 aliphatic heterocycles. The minimum atomic E-state index is -4.38. The summed E-state index contributed by atoms with van der Waals surface area (Å²) in [6.45, 7) is 2.04. The second-order valence-corrected chi connectivity index (χ2v) is 7.29. The molecule has 2 aromatic carbocycles. The van der Waals surface area contributed by atoms with Crippen molar-refractivity contribution in [1.29, 1.82) is 0 Å². The summed E-state index contributed by atoms with van der Waals surface area (Å²) >= 11 is 0. The largest absolute Gasteiger partial charge is 0.489 e. The maximum atomic E-state index is 13.6. The normalized spacial score (nSPS) is 15.7. The Morgan fingerprint density at radius 2 is 1.78 bits per heavy atom. The van der Waals surface area contributed by atoms with Crippen molar-refractivity contribution in [1.82, 2.24) is 0 Å². The summed E-state index contributed by atoms with van der Waals surface area (Å²) in [4.78, 5) is 0. The van der Waals surface area contributed by atoms with Crippen molar-refractivity contribution < 1.29 is 23.0 Å². The van der Waals surface area contributed by atoms with Crippen molar-refractivity contribution >= 4 is 0 Å². The maximum Gasteiger partial charge on any atom is 0.416 e. The molecular weight excluding hydrogens is 353 g/mol. The first kappa shape index (κ1) is 19.7. The number of benzene rings is 2. The Labute approximate surface area is 158 Å². The first-order chi connectivity index (χ1) is 12.9. The summed E-state index contributed by atoms with van der Waals surface area (Å²) in [6, 6.07) is 9.86. The lowest BCUT2D eigenvalue weighted by atomic mass is 9.82. The second kappa shape index (κ2) is 8.34. The van der Waals surface area contributed by atoms with Gasteiger partial charge >= 0.3 is 6.18 Å². The fourth-order valence-electron chi connectivity index (χ4n) is 3.82. The highest BCUT2D eigenvalue weighted by Gasteiger charge is 2.36. The van der Waals surface area contributed by atoms with E-state index in [1.54, 1.807) is 18.2 Å². The number of aryl methyl sites for hydroxylation is 1. The lowest BCUT2D eigenvalue weighted by molar-refractivity contribution is -0.138. The molecule has 0 atom stereocenters. The molecule has 3 rings (SSSR count). The van der Waals surface area contributed by atoms with Gasteiger partial charge in [0.1, 0.15) is 12.4 Å². The minimum absolute atomic E-state index is 0.0160. The summed E-state index contributed by atoms with van der Waals surface area (Å²) in [7, 11) is 0. The third-order valence-corrected chi connectivity index (χ3v) is 5.36. The Morgan fingerprint density at radius 1 is 1.04 bits per heavy atom. The van der Waals surface area contributed by atoms with E-state index in [1.807, 2.05) is 19.1 Å². The molecule has 0 spiro atoms. The number of aliphatic hydroxyl groups excluding tert-OH is 1. The Hall–Kier alpha value is -2.01. The van der Waals surface area contributed by atoms with Crippen LogP contribution >= 0.6 is 0 Å². The van der Waals surface area contributed by atoms with Gasteiger partial charge in [0.2, 0.25) is 0 Å². The lowest BCUT2D eigenvalue weighted by Gasteiger charge is -2.25. The molecule has 27 heavy (non-hydrogen) atoms. The molecule has 0 saturated heterocycles. The molecule has 146 valence electrons. The highest BCUT2D eigenvalue weighted by atomic mass is 19.4. The molecule has 5 heteroatoms. The zero-order chi connectivity index (χ0) is 19.4. The van der Waals surface area contributed by atoms with E-state index in [0.717, 1.165) is 54.9 Å². The number of aliphatic hydroxyl groups is 1. The first-order valence-corrected chi connectivity index (χ1v) is 9.41. The van der Waals surface area contributed by atoms with Crippen LogP contribution in [-0.2, 0) is 19.4 Å². The summed E-state index contributed by atoms with van der Waals surface area (Å²) < 4.78 is 46.5. The van der Waals surface area contributed by atoms with Crippen LogP contribution in [0.25, 0.3) is 0 Å². The van der Waals surface area contributed by atoms with Crippen molar-refractivity contribution in [2.24, 2.45) is 0 Å². The smallest absolute Gasteiger partial charge is 0.416 e. The van der Waals surface area contributed by atoms with Crippen LogP contribution in [0.15, 0.2) is 36.4 Å². The fraction of sp³-hybridized carbons (Fsp3) is 0.455. The molecule has 1 aliphatic rings. The fourth-order valence-corrected chi connectivity index (χ4v) is 3.82. The molecule has 0 aromatic heterocycles. The monoisotopic (exact) mass is 378 g/mol. The van der Waals surface area contributed by atoms with Crippen LogP contribution in [0.4, 0.5) is 13.2 Å². The number of ether oxygens (including phenoxy) is 1. The second-order valence-electron chi connectivity index (χ2n) is 7.29. The molecule has 1 aliphatic carbocycles. The minimum Gasteiger partial charge on any atom is -0.489 e. The summed E-state index contributed by atoms with van der Waals surface area (Å²) in [5.74, 6) is 0.213. The SMILES string of the molecule is Cc1cc(CO)ccc1COc1ccc(C2CCCCC2)c(C(F)(F)F)c1. The lowest BCUT2D eigenvalue weighted by Crippen LogP contribution is -2.14. The van der Waals surface area contributed by atoms with Crippen LogP contribution in [0.1, 0.15) is 65.8 Å². The third-order valence-electron chi connectivity index (χ3n) is 5.36. The predicted molar refractivity (Wildman–Crippen MR) is 98.7 cm³/mol. The molecule has 1 N–H and O–H groups in total. The summed E-state index contributed by atoms with van der Waals surface area (Å²) in [5.41, 5.74) is 2.46. The average Bonchev–Trinajstić information content (AvgIpc) is 2.67. The van der Waals surface area contributed by atoms with Crippen molar-refractivity contribution in [3.8, 4) is 5.75 Å². The van der Waals surface area contributed by atoms with E-state index in [4.69, 9.17) is 9.84 Å². The van der Waals surface area contributed by atoms with Crippen LogP contribution < -0.4 is 4.74 Å². The topological polar surface area (TPSA) is 29.5 Å². The van der Waals surface area contributed by atoms with E-state index in [-0.39, 0.29) is 24.9 Å². The van der Waals surface area contributed by atoms with Crippen molar-refractivity contribution in [3.63, 3.8) is 0 Å². The van der Waals surface area contributed by atoms with Gasteiger partial charge in [-0.1, -0.05) is 43.5 Å². The molecule has 0 bridgehead atoms. The van der Waals surface area contributed by atoms with Crippen molar-refractivity contribution in [2.45, 2.75) is 64.3 Å². The maximum absolute atomic E-state index is 13.6. The van der Waals surface area contributed by atoms with Gasteiger partial charge in [0.15, 0.2) is 0 Å². The van der Waals surface area contributed by atoms with E-state index < -0.39 is 11.7 Å². The van der Waals surface area contributed by atoms with E-state index in [1.165, 1.54) is 0 Å². The molecule has 1 saturated carbocycles. The van der Waals surface area contributed by atoms with Gasteiger partial charge in [0, 0.05) is 0 Å². The predicted octanol–water partition coefficient (Wildman–Crippen LogP) is 6.13. The molecule has 2 aromatic rings. The molecule has 2 nitrogen and oxygen atoms in total. The van der Waals surface area contributed by atoms with Crippen molar-refractivity contribution in [2.75, 3.05) is 0 Å². The Morgan fingerprint density at radius 3 is 2.41 bits per heavy atom. The van der Waals surface area contributed by atoms with Gasteiger partial charge in [-0.15, -0.1) is 0 Å². The van der Waals surface area contributed by atoms with E-state index >= 15 is 0 Å². The van der Waals surface area contributed by atoms with E-state index in [0.29, 0.717) is 5.56 Å². The number of hydrogen-bond acceptors (Lipinski definition) is 2. The van der Waals surface area contributed by atoms with Gasteiger partial charge in [0.05, 0.1) is 12.2 Å². The third kappa shape index (κ3) is 4.83. The number of hydrogen-bond donors (Lipinski definition) is 1. The molecule has 0 amide bonds. The zero-order valence-electron chi connectivity index (χ0n) is 15.5. The first-order valence-electron chi connectivity index (χ1n) is 9.41. The summed E-state index contributed by atoms with van der Waals surface area (Å²) in [5, 5.41) is 9.16. The van der Waals surface area contributed by atoms with Crippen LogP contribution in [0, 0.1) is 6.92 Å². The van der Waals surface area contributed by atoms with Crippen LogP contribution in [0.2, 0.25) is 0 Å². The molecule has 0 heterocycles. The van der Waals surface area contributed by atoms with Crippen LogP contribution in [-0.4, -0.2) is 5.11 Å². The Balaban J connectivity index is 1.80. The van der Waals surface area contributed by atoms with Gasteiger partial charge in [-0.25, -0.2) is 0 Å². The van der Waals surface area contributed by atoms with Gasteiger partial charge in [-0.3, -0.25) is 0 Å². The zero-order valence-corrected chi connectivity index (χ0v) is 15.5. The highest BCUT2D eigenvalue weighted by Crippen LogP contribution is 2.42. The number of halogens is 3. The summed E-state index contributed by atoms with van der Waals surface area (Å²) in [6.07, 6.45) is 0.338. The van der Waals surface area contributed by atoms with E-state index in [2.05, 4.69) is 0 Å². The quantitative estimate of drug-likeness (QED) is 0.678. The number of alkyl halides is 3. The van der Waals surface area contributed by atoms with Crippen LogP contribution in [0.3, 0.4) is 0 Å². The van der Waals surface area contributed by atoms with Gasteiger partial charge < -0.3 is 9.84 Å². The highest BCUT2D eigenvalue weighted by molar-refractivity contribution is 5.40. The van der Waals surface area contributed by atoms with Gasteiger partial charge in [-0.05, 0) is 60.1 Å². The average molecular weight is 378 g/mol.